The number of aromatic nitrogens is 3. The second-order valence-electron chi connectivity index (χ2n) is 3.42. The molecule has 1 aromatic rings. The number of nitrogens with one attached hydrogen (secondary N) is 1. The molecular weight excluding hydrogens is 228 g/mol. The first-order valence-corrected chi connectivity index (χ1v) is 6.44. The molecule has 0 fully saturated rings. The van der Waals surface area contributed by atoms with E-state index in [2.05, 4.69) is 20.3 Å². The summed E-state index contributed by atoms with van der Waals surface area (Å²) in [5.41, 5.74) is 5.54. The predicted octanol–water partition coefficient (Wildman–Crippen LogP) is -0.690. The number of rotatable bonds is 5. The van der Waals surface area contributed by atoms with Gasteiger partial charge in [0.15, 0.2) is 0 Å². The van der Waals surface area contributed by atoms with Crippen LogP contribution in [0.15, 0.2) is 0 Å². The van der Waals surface area contributed by atoms with Gasteiger partial charge in [0.2, 0.25) is 17.8 Å². The van der Waals surface area contributed by atoms with Crippen molar-refractivity contribution in [2.75, 3.05) is 48.6 Å². The summed E-state index contributed by atoms with van der Waals surface area (Å²) in [4.78, 5) is 13.8. The van der Waals surface area contributed by atoms with Crippen molar-refractivity contribution in [3.63, 3.8) is 0 Å². The van der Waals surface area contributed by atoms with Crippen LogP contribution in [0.5, 0.6) is 0 Å². The third kappa shape index (κ3) is 3.97. The van der Waals surface area contributed by atoms with Crippen LogP contribution in [0, 0.1) is 0 Å². The maximum atomic E-state index is 10.9. The van der Waals surface area contributed by atoms with Gasteiger partial charge in [0.05, 0.1) is 0 Å². The minimum absolute atomic E-state index is 0.166. The maximum absolute atomic E-state index is 10.9. The molecule has 0 aromatic carbocycles. The Kier molecular flexibility index (Phi) is 4.41. The summed E-state index contributed by atoms with van der Waals surface area (Å²) in [6, 6.07) is 0. The van der Waals surface area contributed by atoms with Gasteiger partial charge in [-0.25, -0.2) is 0 Å². The van der Waals surface area contributed by atoms with Crippen molar-refractivity contribution >= 4 is 28.6 Å². The average Bonchev–Trinajstić information content (AvgIpc) is 2.16. The Morgan fingerprint density at radius 3 is 2.62 bits per heavy atom. The largest absolute Gasteiger partial charge is 0.368 e. The molecule has 7 nitrogen and oxygen atoms in total. The third-order valence-corrected chi connectivity index (χ3v) is 2.49. The summed E-state index contributed by atoms with van der Waals surface area (Å²) in [6.45, 7) is 0.541. The van der Waals surface area contributed by atoms with E-state index in [9.17, 15) is 4.21 Å². The molecule has 1 atom stereocenters. The number of hydrogen-bond acceptors (Lipinski definition) is 7. The summed E-state index contributed by atoms with van der Waals surface area (Å²) in [7, 11) is 2.80. The fraction of sp³-hybridized carbons (Fsp3) is 0.625. The fourth-order valence-electron chi connectivity index (χ4n) is 0.966. The van der Waals surface area contributed by atoms with Gasteiger partial charge in [-0.2, -0.15) is 15.0 Å². The minimum Gasteiger partial charge on any atom is -0.368 e. The van der Waals surface area contributed by atoms with E-state index in [1.165, 1.54) is 0 Å². The van der Waals surface area contributed by atoms with Crippen molar-refractivity contribution < 1.29 is 4.21 Å². The zero-order chi connectivity index (χ0) is 12.1. The molecule has 0 saturated carbocycles. The molecule has 16 heavy (non-hydrogen) atoms. The lowest BCUT2D eigenvalue weighted by Crippen LogP contribution is -2.18. The first-order valence-electron chi connectivity index (χ1n) is 4.72. The van der Waals surface area contributed by atoms with Crippen molar-refractivity contribution in [2.45, 2.75) is 0 Å². The summed E-state index contributed by atoms with van der Waals surface area (Å²) in [5, 5.41) is 2.95. The summed E-state index contributed by atoms with van der Waals surface area (Å²) >= 11 is 0. The van der Waals surface area contributed by atoms with Gasteiger partial charge < -0.3 is 16.0 Å². The summed E-state index contributed by atoms with van der Waals surface area (Å²) in [5.74, 6) is 1.61. The van der Waals surface area contributed by atoms with E-state index in [1.54, 1.807) is 11.2 Å². The number of hydrogen-bond donors (Lipinski definition) is 2. The molecule has 0 amide bonds. The Labute approximate surface area is 96.9 Å². The standard InChI is InChI=1S/C8H16N6OS/c1-14(2)8-12-6(9)11-7(13-8)10-4-5-16(3)15/h4-5H2,1-3H3,(H3,9,10,11,12,13). The molecule has 1 rings (SSSR count). The molecule has 3 N–H and O–H groups in total. The predicted molar refractivity (Wildman–Crippen MR) is 66.0 cm³/mol. The SMILES string of the molecule is CN(C)c1nc(N)nc(NCCS(C)=O)n1. The van der Waals surface area contributed by atoms with Crippen molar-refractivity contribution in [1.29, 1.82) is 0 Å². The van der Waals surface area contributed by atoms with Crippen molar-refractivity contribution in [2.24, 2.45) is 0 Å². The quantitative estimate of drug-likeness (QED) is 0.707. The highest BCUT2D eigenvalue weighted by molar-refractivity contribution is 7.84. The van der Waals surface area contributed by atoms with E-state index in [1.807, 2.05) is 14.1 Å². The molecule has 8 heteroatoms. The van der Waals surface area contributed by atoms with Crippen molar-refractivity contribution in [3.8, 4) is 0 Å². The molecule has 0 aliphatic rings. The minimum atomic E-state index is -0.834. The van der Waals surface area contributed by atoms with Crippen molar-refractivity contribution in [3.05, 3.63) is 0 Å². The van der Waals surface area contributed by atoms with Crippen LogP contribution >= 0.6 is 0 Å². The number of nitrogens with zero attached hydrogens (tertiary/aromatic N) is 4. The van der Waals surface area contributed by atoms with Gasteiger partial charge in [-0.05, 0) is 0 Å². The van der Waals surface area contributed by atoms with Gasteiger partial charge in [0.25, 0.3) is 0 Å². The number of nitrogen functional groups attached to an aromatic ring is 1. The lowest BCUT2D eigenvalue weighted by molar-refractivity contribution is 0.687. The molecule has 0 spiro atoms. The van der Waals surface area contributed by atoms with Crippen LogP contribution in [0.4, 0.5) is 17.8 Å². The van der Waals surface area contributed by atoms with E-state index < -0.39 is 10.8 Å². The summed E-state index contributed by atoms with van der Waals surface area (Å²) in [6.07, 6.45) is 1.65. The topological polar surface area (TPSA) is 97.0 Å². The van der Waals surface area contributed by atoms with Crippen LogP contribution < -0.4 is 16.0 Å². The monoisotopic (exact) mass is 244 g/mol. The molecule has 1 aromatic heterocycles. The molecular formula is C8H16N6OS. The third-order valence-electron chi connectivity index (χ3n) is 1.71. The first-order chi connectivity index (χ1) is 7.49. The zero-order valence-electron chi connectivity index (χ0n) is 9.60. The van der Waals surface area contributed by atoms with Gasteiger partial charge >= 0.3 is 0 Å². The molecule has 0 radical (unpaired) electrons. The Morgan fingerprint density at radius 2 is 2.06 bits per heavy atom. The van der Waals surface area contributed by atoms with E-state index in [0.717, 1.165) is 0 Å². The Hall–Kier alpha value is -1.44. The normalized spacial score (nSPS) is 12.2. The van der Waals surface area contributed by atoms with Crippen LogP contribution in [-0.2, 0) is 10.8 Å². The first kappa shape index (κ1) is 12.6. The Balaban J connectivity index is 2.69. The fourth-order valence-corrected chi connectivity index (χ4v) is 1.36. The zero-order valence-corrected chi connectivity index (χ0v) is 10.4. The smallest absolute Gasteiger partial charge is 0.231 e. The van der Waals surface area contributed by atoms with Crippen LogP contribution in [0.3, 0.4) is 0 Å². The van der Waals surface area contributed by atoms with Crippen LogP contribution in [0.2, 0.25) is 0 Å². The lowest BCUT2D eigenvalue weighted by atomic mass is 10.7. The van der Waals surface area contributed by atoms with E-state index in [-0.39, 0.29) is 5.95 Å². The highest BCUT2D eigenvalue weighted by Crippen LogP contribution is 2.08. The Morgan fingerprint density at radius 1 is 1.38 bits per heavy atom. The van der Waals surface area contributed by atoms with Gasteiger partial charge in [-0.15, -0.1) is 0 Å². The highest BCUT2D eigenvalue weighted by atomic mass is 32.2. The van der Waals surface area contributed by atoms with E-state index in [0.29, 0.717) is 24.2 Å². The number of nitrogens with two attached hydrogens (primary N) is 1. The molecule has 90 valence electrons. The molecule has 0 aliphatic carbocycles. The Bertz CT molecular complexity index is 383. The highest BCUT2D eigenvalue weighted by Gasteiger charge is 2.05. The van der Waals surface area contributed by atoms with Gasteiger partial charge in [-0.3, -0.25) is 4.21 Å². The molecule has 0 bridgehead atoms. The lowest BCUT2D eigenvalue weighted by Gasteiger charge is -2.11. The molecule has 0 aliphatic heterocycles. The molecule has 1 heterocycles. The molecule has 1 unspecified atom stereocenters. The average molecular weight is 244 g/mol. The van der Waals surface area contributed by atoms with E-state index >= 15 is 0 Å². The van der Waals surface area contributed by atoms with Gasteiger partial charge in [0, 0.05) is 43.4 Å². The van der Waals surface area contributed by atoms with Crippen molar-refractivity contribution in [1.82, 2.24) is 15.0 Å². The van der Waals surface area contributed by atoms with Crippen LogP contribution in [0.25, 0.3) is 0 Å². The van der Waals surface area contributed by atoms with Gasteiger partial charge in [0.1, 0.15) is 0 Å². The van der Waals surface area contributed by atoms with Gasteiger partial charge in [-0.1, -0.05) is 0 Å². The van der Waals surface area contributed by atoms with Crippen LogP contribution in [-0.4, -0.2) is 51.8 Å². The second-order valence-corrected chi connectivity index (χ2v) is 4.97. The molecule has 0 saturated heterocycles. The maximum Gasteiger partial charge on any atom is 0.231 e. The number of anilines is 3. The van der Waals surface area contributed by atoms with Crippen LogP contribution in [0.1, 0.15) is 0 Å². The summed E-state index contributed by atoms with van der Waals surface area (Å²) < 4.78 is 10.9. The van der Waals surface area contributed by atoms with E-state index in [4.69, 9.17) is 5.73 Å². The second kappa shape index (κ2) is 5.59.